The Kier molecular flexibility index (Phi) is 2.99. The summed E-state index contributed by atoms with van der Waals surface area (Å²) in [6, 6.07) is 0.300. The van der Waals surface area contributed by atoms with E-state index in [2.05, 4.69) is 22.0 Å². The SMILES string of the molecule is C=CC(C)NCc1ncn(C)n1. The molecule has 1 atom stereocenters. The van der Waals surface area contributed by atoms with E-state index in [0.29, 0.717) is 12.6 Å². The molecule has 1 aromatic heterocycles. The number of rotatable bonds is 4. The van der Waals surface area contributed by atoms with Crippen molar-refractivity contribution < 1.29 is 0 Å². The number of aryl methyl sites for hydroxylation is 1. The number of hydrogen-bond acceptors (Lipinski definition) is 3. The second-order valence-electron chi connectivity index (χ2n) is 2.74. The molecule has 1 N–H and O–H groups in total. The lowest BCUT2D eigenvalue weighted by Crippen LogP contribution is -2.23. The molecule has 66 valence electrons. The van der Waals surface area contributed by atoms with Crippen LogP contribution in [0.25, 0.3) is 0 Å². The highest BCUT2D eigenvalue weighted by atomic mass is 15.3. The van der Waals surface area contributed by atoms with Crippen molar-refractivity contribution in [1.82, 2.24) is 20.1 Å². The number of nitrogens with zero attached hydrogens (tertiary/aromatic N) is 3. The van der Waals surface area contributed by atoms with Gasteiger partial charge in [0.25, 0.3) is 0 Å². The second-order valence-corrected chi connectivity index (χ2v) is 2.74. The first-order chi connectivity index (χ1) is 5.72. The van der Waals surface area contributed by atoms with Crippen molar-refractivity contribution in [2.45, 2.75) is 19.5 Å². The Balaban J connectivity index is 2.37. The van der Waals surface area contributed by atoms with Gasteiger partial charge in [0.1, 0.15) is 6.33 Å². The minimum Gasteiger partial charge on any atom is -0.304 e. The quantitative estimate of drug-likeness (QED) is 0.661. The molecule has 4 heteroatoms. The maximum Gasteiger partial charge on any atom is 0.164 e. The molecule has 0 aromatic carbocycles. The van der Waals surface area contributed by atoms with Crippen LogP contribution in [0.3, 0.4) is 0 Å². The lowest BCUT2D eigenvalue weighted by Gasteiger charge is -2.05. The molecule has 0 saturated carbocycles. The maximum absolute atomic E-state index is 4.13. The van der Waals surface area contributed by atoms with Crippen LogP contribution in [0, 0.1) is 0 Å². The summed E-state index contributed by atoms with van der Waals surface area (Å²) < 4.78 is 1.69. The number of aromatic nitrogens is 3. The van der Waals surface area contributed by atoms with Crippen LogP contribution < -0.4 is 5.32 Å². The van der Waals surface area contributed by atoms with Crippen LogP contribution >= 0.6 is 0 Å². The fourth-order valence-electron chi connectivity index (χ4n) is 0.801. The Bertz CT molecular complexity index is 253. The summed E-state index contributed by atoms with van der Waals surface area (Å²) in [6.07, 6.45) is 3.54. The largest absolute Gasteiger partial charge is 0.304 e. The van der Waals surface area contributed by atoms with Gasteiger partial charge in [0.2, 0.25) is 0 Å². The molecule has 1 rings (SSSR count). The third-order valence-electron chi connectivity index (χ3n) is 1.58. The van der Waals surface area contributed by atoms with Crippen LogP contribution in [0.2, 0.25) is 0 Å². The first-order valence-electron chi connectivity index (χ1n) is 3.93. The Hall–Kier alpha value is -1.16. The van der Waals surface area contributed by atoms with Gasteiger partial charge in [-0.2, -0.15) is 5.10 Å². The van der Waals surface area contributed by atoms with E-state index in [4.69, 9.17) is 0 Å². The van der Waals surface area contributed by atoms with Gasteiger partial charge in [0.05, 0.1) is 6.54 Å². The van der Waals surface area contributed by atoms with Gasteiger partial charge in [-0.3, -0.25) is 4.68 Å². The highest BCUT2D eigenvalue weighted by molar-refractivity contribution is 4.86. The van der Waals surface area contributed by atoms with E-state index in [0.717, 1.165) is 5.82 Å². The summed E-state index contributed by atoms with van der Waals surface area (Å²) in [7, 11) is 1.85. The van der Waals surface area contributed by atoms with Crippen molar-refractivity contribution in [3.05, 3.63) is 24.8 Å². The molecular weight excluding hydrogens is 152 g/mol. The Labute approximate surface area is 72.3 Å². The molecule has 0 spiro atoms. The zero-order valence-corrected chi connectivity index (χ0v) is 7.49. The van der Waals surface area contributed by atoms with Gasteiger partial charge < -0.3 is 5.32 Å². The first kappa shape index (κ1) is 8.93. The van der Waals surface area contributed by atoms with Gasteiger partial charge in [0.15, 0.2) is 5.82 Å². The van der Waals surface area contributed by atoms with Crippen molar-refractivity contribution in [3.8, 4) is 0 Å². The summed E-state index contributed by atoms with van der Waals surface area (Å²) in [5.41, 5.74) is 0. The monoisotopic (exact) mass is 166 g/mol. The van der Waals surface area contributed by atoms with Crippen LogP contribution in [-0.4, -0.2) is 20.8 Å². The molecule has 1 unspecified atom stereocenters. The average Bonchev–Trinajstić information content (AvgIpc) is 2.47. The minimum absolute atomic E-state index is 0.300. The smallest absolute Gasteiger partial charge is 0.164 e. The van der Waals surface area contributed by atoms with Crippen LogP contribution in [0.15, 0.2) is 19.0 Å². The molecule has 0 radical (unpaired) electrons. The van der Waals surface area contributed by atoms with E-state index in [9.17, 15) is 0 Å². The molecule has 12 heavy (non-hydrogen) atoms. The highest BCUT2D eigenvalue weighted by Gasteiger charge is 1.99. The van der Waals surface area contributed by atoms with Gasteiger partial charge in [-0.1, -0.05) is 6.08 Å². The fraction of sp³-hybridized carbons (Fsp3) is 0.500. The van der Waals surface area contributed by atoms with E-state index in [1.807, 2.05) is 20.0 Å². The van der Waals surface area contributed by atoms with Gasteiger partial charge in [-0.15, -0.1) is 6.58 Å². The Morgan fingerprint density at radius 3 is 3.08 bits per heavy atom. The van der Waals surface area contributed by atoms with Crippen molar-refractivity contribution in [2.75, 3.05) is 0 Å². The van der Waals surface area contributed by atoms with Gasteiger partial charge in [0, 0.05) is 13.1 Å². The van der Waals surface area contributed by atoms with Crippen LogP contribution in [0.4, 0.5) is 0 Å². The molecular formula is C8H14N4. The van der Waals surface area contributed by atoms with Crippen molar-refractivity contribution in [2.24, 2.45) is 7.05 Å². The summed E-state index contributed by atoms with van der Waals surface area (Å²) >= 11 is 0. The number of nitrogens with one attached hydrogen (secondary N) is 1. The lowest BCUT2D eigenvalue weighted by molar-refractivity contribution is 0.606. The molecule has 0 aliphatic heterocycles. The third-order valence-corrected chi connectivity index (χ3v) is 1.58. The van der Waals surface area contributed by atoms with Crippen molar-refractivity contribution in [3.63, 3.8) is 0 Å². The molecule has 0 amide bonds. The predicted octanol–water partition coefficient (Wildman–Crippen LogP) is 0.479. The standard InChI is InChI=1S/C8H14N4/c1-4-7(2)9-5-8-10-6-12(3)11-8/h4,6-7,9H,1,5H2,2-3H3. The van der Waals surface area contributed by atoms with E-state index >= 15 is 0 Å². The molecule has 0 aliphatic rings. The summed E-state index contributed by atoms with van der Waals surface area (Å²) in [6.45, 7) is 6.40. The zero-order valence-electron chi connectivity index (χ0n) is 7.49. The molecule has 0 bridgehead atoms. The van der Waals surface area contributed by atoms with Gasteiger partial charge in [-0.05, 0) is 6.92 Å². The topological polar surface area (TPSA) is 42.7 Å². The normalized spacial score (nSPS) is 12.8. The molecule has 0 saturated heterocycles. The van der Waals surface area contributed by atoms with E-state index in [1.165, 1.54) is 0 Å². The van der Waals surface area contributed by atoms with Crippen LogP contribution in [-0.2, 0) is 13.6 Å². The van der Waals surface area contributed by atoms with Crippen LogP contribution in [0.5, 0.6) is 0 Å². The van der Waals surface area contributed by atoms with Gasteiger partial charge >= 0.3 is 0 Å². The minimum atomic E-state index is 0.300. The third kappa shape index (κ3) is 2.47. The van der Waals surface area contributed by atoms with E-state index in [1.54, 1.807) is 11.0 Å². The van der Waals surface area contributed by atoms with E-state index in [-0.39, 0.29) is 0 Å². The molecule has 0 aliphatic carbocycles. The average molecular weight is 166 g/mol. The van der Waals surface area contributed by atoms with E-state index < -0.39 is 0 Å². The maximum atomic E-state index is 4.13. The molecule has 0 fully saturated rings. The highest BCUT2D eigenvalue weighted by Crippen LogP contribution is 1.89. The Morgan fingerprint density at radius 2 is 2.58 bits per heavy atom. The zero-order chi connectivity index (χ0) is 8.97. The summed E-state index contributed by atoms with van der Waals surface area (Å²) in [5.74, 6) is 0.811. The predicted molar refractivity (Wildman–Crippen MR) is 47.5 cm³/mol. The van der Waals surface area contributed by atoms with Gasteiger partial charge in [-0.25, -0.2) is 4.98 Å². The fourth-order valence-corrected chi connectivity index (χ4v) is 0.801. The molecule has 1 heterocycles. The lowest BCUT2D eigenvalue weighted by atomic mass is 10.3. The molecule has 1 aromatic rings. The Morgan fingerprint density at radius 1 is 1.83 bits per heavy atom. The summed E-state index contributed by atoms with van der Waals surface area (Å²) in [5, 5.41) is 7.33. The molecule has 4 nitrogen and oxygen atoms in total. The van der Waals surface area contributed by atoms with Crippen molar-refractivity contribution in [1.29, 1.82) is 0 Å². The number of hydrogen-bond donors (Lipinski definition) is 1. The second kappa shape index (κ2) is 4.01. The summed E-state index contributed by atoms with van der Waals surface area (Å²) in [4.78, 5) is 4.08. The first-order valence-corrected chi connectivity index (χ1v) is 3.93. The van der Waals surface area contributed by atoms with Crippen molar-refractivity contribution >= 4 is 0 Å². The van der Waals surface area contributed by atoms with Crippen LogP contribution in [0.1, 0.15) is 12.7 Å².